The van der Waals surface area contributed by atoms with E-state index >= 15 is 0 Å². The number of carbonyl (C=O) groups is 1. The second-order valence-corrected chi connectivity index (χ2v) is 10.9. The summed E-state index contributed by atoms with van der Waals surface area (Å²) in [5.41, 5.74) is 4.57. The zero-order valence-corrected chi connectivity index (χ0v) is 18.6. The van der Waals surface area contributed by atoms with E-state index in [0.717, 1.165) is 60.3 Å². The highest BCUT2D eigenvalue weighted by molar-refractivity contribution is 7.63. The maximum atomic E-state index is 13.6. The lowest BCUT2D eigenvalue weighted by Gasteiger charge is -2.19. The van der Waals surface area contributed by atoms with Crippen LogP contribution in [0.1, 0.15) is 61.0 Å². The molecule has 0 aliphatic carbocycles. The average molecular weight is 400 g/mol. The first-order valence-corrected chi connectivity index (χ1v) is 12.5. The van der Waals surface area contributed by atoms with Crippen molar-refractivity contribution >= 4 is 13.1 Å². The minimum Gasteiger partial charge on any atom is -0.465 e. The SMILES string of the molecule is CCCCP(=O)(CCCC)Cc1ccc(C(=O)OC)c(-c2ccccc2C)c1. The third-order valence-corrected chi connectivity index (χ3v) is 8.44. The lowest BCUT2D eigenvalue weighted by atomic mass is 9.94. The first kappa shape index (κ1) is 22.4. The molecule has 0 aliphatic heterocycles. The minimum atomic E-state index is -2.26. The standard InChI is InChI=1S/C24H33O3P/c1-5-7-15-28(26,16-8-6-2)18-20-13-14-22(24(25)27-4)23(17-20)21-12-10-9-11-19(21)3/h9-14,17H,5-8,15-16,18H2,1-4H3. The van der Waals surface area contributed by atoms with Crippen molar-refractivity contribution in [2.75, 3.05) is 19.4 Å². The average Bonchev–Trinajstić information content (AvgIpc) is 2.70. The van der Waals surface area contributed by atoms with Crippen molar-refractivity contribution in [2.45, 2.75) is 52.6 Å². The van der Waals surface area contributed by atoms with Crippen molar-refractivity contribution in [2.24, 2.45) is 0 Å². The van der Waals surface area contributed by atoms with Crippen LogP contribution in [0.2, 0.25) is 0 Å². The second-order valence-electron chi connectivity index (χ2n) is 7.56. The van der Waals surface area contributed by atoms with Gasteiger partial charge in [-0.1, -0.05) is 57.0 Å². The zero-order valence-electron chi connectivity index (χ0n) is 17.7. The molecule has 3 nitrogen and oxygen atoms in total. The second kappa shape index (κ2) is 10.6. The van der Waals surface area contributed by atoms with E-state index in [4.69, 9.17) is 4.74 Å². The van der Waals surface area contributed by atoms with Gasteiger partial charge in [0.2, 0.25) is 0 Å². The van der Waals surface area contributed by atoms with Gasteiger partial charge in [0.25, 0.3) is 0 Å². The molecule has 4 heteroatoms. The van der Waals surface area contributed by atoms with Gasteiger partial charge >= 0.3 is 5.97 Å². The number of carbonyl (C=O) groups excluding carboxylic acids is 1. The molecule has 0 bridgehead atoms. The minimum absolute atomic E-state index is 0.343. The van der Waals surface area contributed by atoms with Crippen LogP contribution >= 0.6 is 7.14 Å². The Labute approximate surface area is 169 Å². The van der Waals surface area contributed by atoms with Gasteiger partial charge in [0.1, 0.15) is 0 Å². The van der Waals surface area contributed by atoms with Crippen LogP contribution in [0.4, 0.5) is 0 Å². The molecule has 0 atom stereocenters. The van der Waals surface area contributed by atoms with E-state index in [1.807, 2.05) is 49.4 Å². The van der Waals surface area contributed by atoms with Crippen molar-refractivity contribution in [1.82, 2.24) is 0 Å². The van der Waals surface area contributed by atoms with E-state index in [2.05, 4.69) is 13.8 Å². The van der Waals surface area contributed by atoms with Crippen molar-refractivity contribution in [3.8, 4) is 11.1 Å². The number of rotatable bonds is 10. The number of esters is 1. The largest absolute Gasteiger partial charge is 0.465 e. The predicted octanol–water partition coefficient (Wildman–Crippen LogP) is 6.91. The molecule has 0 radical (unpaired) electrons. The Kier molecular flexibility index (Phi) is 8.51. The summed E-state index contributed by atoms with van der Waals surface area (Å²) in [6.45, 7) is 6.33. The van der Waals surface area contributed by atoms with Crippen LogP contribution in [0.3, 0.4) is 0 Å². The van der Waals surface area contributed by atoms with E-state index in [9.17, 15) is 9.36 Å². The number of methoxy groups -OCH3 is 1. The molecule has 0 N–H and O–H groups in total. The van der Waals surface area contributed by atoms with Crippen LogP contribution in [-0.4, -0.2) is 25.4 Å². The van der Waals surface area contributed by atoms with Gasteiger partial charge in [0, 0.05) is 18.5 Å². The molecule has 28 heavy (non-hydrogen) atoms. The molecule has 152 valence electrons. The Bertz CT molecular complexity index is 829. The maximum Gasteiger partial charge on any atom is 0.338 e. The van der Waals surface area contributed by atoms with Crippen molar-refractivity contribution in [3.63, 3.8) is 0 Å². The number of benzene rings is 2. The summed E-state index contributed by atoms with van der Waals surface area (Å²) < 4.78 is 18.6. The number of aryl methyl sites for hydroxylation is 1. The summed E-state index contributed by atoms with van der Waals surface area (Å²) in [6.07, 6.45) is 6.35. The molecule has 0 unspecified atom stereocenters. The van der Waals surface area contributed by atoms with Crippen LogP contribution in [0.25, 0.3) is 11.1 Å². The third-order valence-electron chi connectivity index (χ3n) is 5.23. The molecule has 0 aromatic heterocycles. The van der Waals surface area contributed by atoms with Gasteiger partial charge in [-0.2, -0.15) is 0 Å². The summed E-state index contributed by atoms with van der Waals surface area (Å²) >= 11 is 0. The fraction of sp³-hybridized carbons (Fsp3) is 0.458. The van der Waals surface area contributed by atoms with Crippen molar-refractivity contribution < 1.29 is 14.1 Å². The number of ether oxygens (including phenoxy) is 1. The Morgan fingerprint density at radius 2 is 1.61 bits per heavy atom. The number of unbranched alkanes of at least 4 members (excludes halogenated alkanes) is 2. The summed E-state index contributed by atoms with van der Waals surface area (Å²) in [6, 6.07) is 13.8. The number of hydrogen-bond donors (Lipinski definition) is 0. The van der Waals surface area contributed by atoms with E-state index < -0.39 is 7.14 Å². The topological polar surface area (TPSA) is 43.4 Å². The molecule has 0 saturated carbocycles. The van der Waals surface area contributed by atoms with E-state index in [-0.39, 0.29) is 5.97 Å². The normalized spacial score (nSPS) is 11.4. The molecule has 0 saturated heterocycles. The van der Waals surface area contributed by atoms with Crippen LogP contribution < -0.4 is 0 Å². The molecular weight excluding hydrogens is 367 g/mol. The molecule has 0 heterocycles. The maximum absolute atomic E-state index is 13.6. The molecule has 2 rings (SSSR count). The monoisotopic (exact) mass is 400 g/mol. The first-order valence-electron chi connectivity index (χ1n) is 10.3. The van der Waals surface area contributed by atoms with Gasteiger partial charge in [0.05, 0.1) is 19.8 Å². The van der Waals surface area contributed by atoms with E-state index in [1.54, 1.807) is 0 Å². The smallest absolute Gasteiger partial charge is 0.338 e. The molecular formula is C24H33O3P. The molecule has 0 aliphatic rings. The Balaban J connectivity index is 2.45. The lowest BCUT2D eigenvalue weighted by molar-refractivity contribution is 0.0601. The van der Waals surface area contributed by atoms with Crippen molar-refractivity contribution in [3.05, 3.63) is 59.2 Å². The molecule has 2 aromatic rings. The quantitative estimate of drug-likeness (QED) is 0.321. The molecule has 0 fully saturated rings. The first-order chi connectivity index (χ1) is 13.4. The van der Waals surface area contributed by atoms with Crippen LogP contribution in [0.15, 0.2) is 42.5 Å². The van der Waals surface area contributed by atoms with E-state index in [1.165, 1.54) is 7.11 Å². The Hall–Kier alpha value is -1.86. The van der Waals surface area contributed by atoms with Crippen molar-refractivity contribution in [1.29, 1.82) is 0 Å². The highest BCUT2D eigenvalue weighted by atomic mass is 31.2. The summed E-state index contributed by atoms with van der Waals surface area (Å²) in [5, 5.41) is 0. The Morgan fingerprint density at radius 3 is 2.18 bits per heavy atom. The molecule has 2 aromatic carbocycles. The highest BCUT2D eigenvalue weighted by Gasteiger charge is 2.23. The summed E-state index contributed by atoms with van der Waals surface area (Å²) in [7, 11) is -0.855. The molecule has 0 spiro atoms. The Morgan fingerprint density at radius 1 is 0.964 bits per heavy atom. The summed E-state index contributed by atoms with van der Waals surface area (Å²) in [4.78, 5) is 12.3. The fourth-order valence-electron chi connectivity index (χ4n) is 3.57. The van der Waals surface area contributed by atoms with Crippen LogP contribution in [-0.2, 0) is 15.5 Å². The highest BCUT2D eigenvalue weighted by Crippen LogP contribution is 2.51. The van der Waals surface area contributed by atoms with Gasteiger partial charge in [0.15, 0.2) is 0 Å². The number of hydrogen-bond acceptors (Lipinski definition) is 3. The van der Waals surface area contributed by atoms with Gasteiger partial charge in [-0.25, -0.2) is 4.79 Å². The van der Waals surface area contributed by atoms with E-state index in [0.29, 0.717) is 11.7 Å². The van der Waals surface area contributed by atoms with Crippen LogP contribution in [0.5, 0.6) is 0 Å². The van der Waals surface area contributed by atoms with Gasteiger partial charge in [-0.15, -0.1) is 0 Å². The lowest BCUT2D eigenvalue weighted by Crippen LogP contribution is -2.06. The predicted molar refractivity (Wildman–Crippen MR) is 119 cm³/mol. The van der Waals surface area contributed by atoms with Gasteiger partial charge in [-0.05, 0) is 54.2 Å². The zero-order chi connectivity index (χ0) is 20.6. The van der Waals surface area contributed by atoms with Gasteiger partial charge in [-0.3, -0.25) is 0 Å². The summed E-state index contributed by atoms with van der Waals surface area (Å²) in [5.74, 6) is -0.343. The fourth-order valence-corrected chi connectivity index (χ4v) is 6.76. The third kappa shape index (κ3) is 5.82. The molecule has 0 amide bonds. The van der Waals surface area contributed by atoms with Crippen LogP contribution in [0, 0.1) is 6.92 Å². The van der Waals surface area contributed by atoms with Gasteiger partial charge < -0.3 is 9.30 Å².